The average Bonchev–Trinajstić information content (AvgIpc) is 2.77. The lowest BCUT2D eigenvalue weighted by molar-refractivity contribution is -0.0465. The Morgan fingerprint density at radius 3 is 2.14 bits per heavy atom. The van der Waals surface area contributed by atoms with Crippen molar-refractivity contribution in [2.24, 2.45) is 5.92 Å². The van der Waals surface area contributed by atoms with Crippen LogP contribution in [0.1, 0.15) is 57.8 Å². The lowest BCUT2D eigenvalue weighted by Gasteiger charge is -2.52. The van der Waals surface area contributed by atoms with Crippen molar-refractivity contribution in [3.05, 3.63) is 0 Å². The van der Waals surface area contributed by atoms with Gasteiger partial charge in [0, 0.05) is 25.6 Å². The van der Waals surface area contributed by atoms with Crippen LogP contribution in [0, 0.1) is 5.92 Å². The number of rotatable bonds is 2. The summed E-state index contributed by atoms with van der Waals surface area (Å²) in [5.74, 6) is 0.859. The van der Waals surface area contributed by atoms with Crippen LogP contribution in [0.5, 0.6) is 0 Å². The lowest BCUT2D eigenvalue weighted by atomic mass is 9.84. The first kappa shape index (κ1) is 15.7. The fourth-order valence-corrected chi connectivity index (χ4v) is 4.55. The average molecular weight is 294 g/mol. The highest BCUT2D eigenvalue weighted by molar-refractivity contribution is 4.96. The second-order valence-electron chi connectivity index (χ2n) is 7.11. The molecule has 0 aromatic carbocycles. The minimum atomic E-state index is 0.0849. The van der Waals surface area contributed by atoms with Crippen molar-refractivity contribution in [2.75, 3.05) is 39.3 Å². The molecule has 1 aliphatic carbocycles. The first-order valence-electron chi connectivity index (χ1n) is 9.38. The highest BCUT2D eigenvalue weighted by atomic mass is 15.5. The molecular weight excluding hydrogens is 260 g/mol. The molecule has 0 aromatic rings. The molecule has 0 bridgehead atoms. The molecule has 2 aliphatic heterocycles. The zero-order valence-corrected chi connectivity index (χ0v) is 13.6. The van der Waals surface area contributed by atoms with E-state index in [1.807, 2.05) is 0 Å². The predicted molar refractivity (Wildman–Crippen MR) is 88.2 cm³/mol. The Hall–Kier alpha value is -0.160. The summed E-state index contributed by atoms with van der Waals surface area (Å²) in [6.07, 6.45) is 12.5. The normalized spacial score (nSPS) is 30.3. The van der Waals surface area contributed by atoms with Gasteiger partial charge < -0.3 is 5.32 Å². The summed E-state index contributed by atoms with van der Waals surface area (Å²) in [5, 5.41) is 11.4. The van der Waals surface area contributed by atoms with Crippen molar-refractivity contribution < 1.29 is 0 Å². The molecule has 1 saturated carbocycles. The van der Waals surface area contributed by atoms with E-state index < -0.39 is 0 Å². The van der Waals surface area contributed by atoms with Crippen LogP contribution < -0.4 is 16.0 Å². The molecule has 0 spiro atoms. The van der Waals surface area contributed by atoms with Crippen molar-refractivity contribution in [1.29, 1.82) is 0 Å². The van der Waals surface area contributed by atoms with Gasteiger partial charge in [0.2, 0.25) is 0 Å². The van der Waals surface area contributed by atoms with Gasteiger partial charge in [-0.05, 0) is 45.3 Å². The minimum absolute atomic E-state index is 0.0849. The van der Waals surface area contributed by atoms with E-state index in [1.54, 1.807) is 0 Å². The Morgan fingerprint density at radius 1 is 0.667 bits per heavy atom. The largest absolute Gasteiger partial charge is 0.315 e. The summed E-state index contributed by atoms with van der Waals surface area (Å²) in [5.41, 5.74) is 0. The molecule has 3 fully saturated rings. The number of nitrogens with zero attached hydrogens (tertiary/aromatic N) is 1. The third kappa shape index (κ3) is 3.79. The molecule has 4 nitrogen and oxygen atoms in total. The van der Waals surface area contributed by atoms with E-state index in [1.165, 1.54) is 90.5 Å². The molecule has 21 heavy (non-hydrogen) atoms. The second kappa shape index (κ2) is 7.91. The highest BCUT2D eigenvalue weighted by Crippen LogP contribution is 2.33. The van der Waals surface area contributed by atoms with Gasteiger partial charge in [0.15, 0.2) is 0 Å². The summed E-state index contributed by atoms with van der Waals surface area (Å²) in [7, 11) is 0. The predicted octanol–water partition coefficient (Wildman–Crippen LogP) is 1.88. The summed E-state index contributed by atoms with van der Waals surface area (Å²) >= 11 is 0. The van der Waals surface area contributed by atoms with Gasteiger partial charge in [0.1, 0.15) is 5.79 Å². The molecule has 0 radical (unpaired) electrons. The van der Waals surface area contributed by atoms with Crippen LogP contribution in [0.3, 0.4) is 0 Å². The van der Waals surface area contributed by atoms with Crippen molar-refractivity contribution >= 4 is 0 Å². The quantitative estimate of drug-likeness (QED) is 0.727. The van der Waals surface area contributed by atoms with Gasteiger partial charge in [-0.2, -0.15) is 0 Å². The molecule has 3 aliphatic rings. The first-order chi connectivity index (χ1) is 10.4. The van der Waals surface area contributed by atoms with Gasteiger partial charge in [-0.1, -0.05) is 32.1 Å². The molecule has 2 saturated heterocycles. The van der Waals surface area contributed by atoms with Crippen molar-refractivity contribution in [2.45, 2.75) is 63.6 Å². The zero-order chi connectivity index (χ0) is 14.4. The molecule has 3 N–H and O–H groups in total. The number of nitrogens with one attached hydrogen (secondary N) is 3. The van der Waals surface area contributed by atoms with Crippen LogP contribution >= 0.6 is 0 Å². The Kier molecular flexibility index (Phi) is 5.92. The molecular formula is C17H34N4. The summed E-state index contributed by atoms with van der Waals surface area (Å²) in [4.78, 5) is 2.73. The smallest absolute Gasteiger partial charge is 0.128 e. The monoisotopic (exact) mass is 294 g/mol. The van der Waals surface area contributed by atoms with E-state index in [9.17, 15) is 0 Å². The SMILES string of the molecule is C1CCCC(C2(N3CCCNCC3)NCCCN2)CCC1. The maximum atomic E-state index is 3.94. The summed E-state index contributed by atoms with van der Waals surface area (Å²) in [6, 6.07) is 0. The van der Waals surface area contributed by atoms with Crippen LogP contribution in [0.15, 0.2) is 0 Å². The Bertz CT molecular complexity index is 285. The van der Waals surface area contributed by atoms with Crippen LogP contribution in [0.25, 0.3) is 0 Å². The molecule has 4 heteroatoms. The van der Waals surface area contributed by atoms with Crippen molar-refractivity contribution in [3.8, 4) is 0 Å². The highest BCUT2D eigenvalue weighted by Gasteiger charge is 2.43. The number of hydrogen-bond acceptors (Lipinski definition) is 4. The van der Waals surface area contributed by atoms with Crippen molar-refractivity contribution in [3.63, 3.8) is 0 Å². The molecule has 0 aromatic heterocycles. The van der Waals surface area contributed by atoms with Gasteiger partial charge >= 0.3 is 0 Å². The zero-order valence-electron chi connectivity index (χ0n) is 13.6. The molecule has 2 heterocycles. The van der Waals surface area contributed by atoms with E-state index in [4.69, 9.17) is 0 Å². The molecule has 0 amide bonds. The third-order valence-electron chi connectivity index (χ3n) is 5.68. The summed E-state index contributed by atoms with van der Waals surface area (Å²) in [6.45, 7) is 7.07. The Morgan fingerprint density at radius 2 is 1.38 bits per heavy atom. The minimum Gasteiger partial charge on any atom is -0.315 e. The van der Waals surface area contributed by atoms with Gasteiger partial charge in [0.05, 0.1) is 0 Å². The Balaban J connectivity index is 1.76. The van der Waals surface area contributed by atoms with Crippen molar-refractivity contribution in [1.82, 2.24) is 20.9 Å². The first-order valence-corrected chi connectivity index (χ1v) is 9.38. The Labute approximate surface area is 130 Å². The van der Waals surface area contributed by atoms with E-state index in [2.05, 4.69) is 20.9 Å². The lowest BCUT2D eigenvalue weighted by Crippen LogP contribution is -2.74. The summed E-state index contributed by atoms with van der Waals surface area (Å²) < 4.78 is 0. The van der Waals surface area contributed by atoms with E-state index in [-0.39, 0.29) is 5.79 Å². The maximum Gasteiger partial charge on any atom is 0.128 e. The third-order valence-corrected chi connectivity index (χ3v) is 5.68. The standard InChI is InChI=1S/C17H34N4/c1-2-4-8-16(9-5-3-1)17(19-11-6-12-20-17)21-14-7-10-18-13-15-21/h16,18-20H,1-15H2. The molecule has 3 rings (SSSR count). The molecule has 0 unspecified atom stereocenters. The van der Waals surface area contributed by atoms with Crippen LogP contribution in [0.2, 0.25) is 0 Å². The van der Waals surface area contributed by atoms with E-state index in [0.29, 0.717) is 0 Å². The molecule has 0 atom stereocenters. The maximum absolute atomic E-state index is 3.94. The van der Waals surface area contributed by atoms with Crippen LogP contribution in [-0.2, 0) is 0 Å². The van der Waals surface area contributed by atoms with Gasteiger partial charge in [-0.3, -0.25) is 15.5 Å². The van der Waals surface area contributed by atoms with Crippen LogP contribution in [-0.4, -0.2) is 50.0 Å². The second-order valence-corrected chi connectivity index (χ2v) is 7.11. The number of hydrogen-bond donors (Lipinski definition) is 3. The van der Waals surface area contributed by atoms with Gasteiger partial charge in [-0.15, -0.1) is 0 Å². The van der Waals surface area contributed by atoms with Gasteiger partial charge in [-0.25, -0.2) is 0 Å². The fraction of sp³-hybridized carbons (Fsp3) is 1.00. The fourth-order valence-electron chi connectivity index (χ4n) is 4.55. The van der Waals surface area contributed by atoms with E-state index >= 15 is 0 Å². The molecule has 122 valence electrons. The van der Waals surface area contributed by atoms with Crippen LogP contribution in [0.4, 0.5) is 0 Å². The topological polar surface area (TPSA) is 39.3 Å². The van der Waals surface area contributed by atoms with E-state index in [0.717, 1.165) is 12.5 Å². The van der Waals surface area contributed by atoms with Gasteiger partial charge in [0.25, 0.3) is 0 Å².